The third-order valence-corrected chi connectivity index (χ3v) is 4.74. The number of hydrogen-bond donors (Lipinski definition) is 1. The van der Waals surface area contributed by atoms with Crippen molar-refractivity contribution in [3.8, 4) is 0 Å². The van der Waals surface area contributed by atoms with Crippen molar-refractivity contribution in [1.82, 2.24) is 0 Å². The van der Waals surface area contributed by atoms with Crippen LogP contribution in [0.25, 0.3) is 0 Å². The molecule has 19 heavy (non-hydrogen) atoms. The molecule has 1 fully saturated rings. The van der Waals surface area contributed by atoms with E-state index >= 15 is 0 Å². The molecular formula is C12H18N2O4S. The fraction of sp³-hybridized carbons (Fsp3) is 0.667. The van der Waals surface area contributed by atoms with Gasteiger partial charge in [0.05, 0.1) is 17.1 Å². The summed E-state index contributed by atoms with van der Waals surface area (Å²) in [6.07, 6.45) is 1.31. The number of aliphatic hydroxyl groups is 1. The molecule has 2 heterocycles. The van der Waals surface area contributed by atoms with Gasteiger partial charge in [-0.25, -0.2) is 0 Å². The maximum atomic E-state index is 11.1. The average molecular weight is 286 g/mol. The predicted molar refractivity (Wildman–Crippen MR) is 73.9 cm³/mol. The highest BCUT2D eigenvalue weighted by molar-refractivity contribution is 7.16. The summed E-state index contributed by atoms with van der Waals surface area (Å²) in [5, 5.41) is 21.3. The third kappa shape index (κ3) is 3.05. The van der Waals surface area contributed by atoms with Crippen LogP contribution in [0, 0.1) is 10.1 Å². The molecule has 0 amide bonds. The Morgan fingerprint density at radius 3 is 2.68 bits per heavy atom. The minimum atomic E-state index is -0.672. The molecule has 2 rings (SSSR count). The molecule has 0 radical (unpaired) electrons. The van der Waals surface area contributed by atoms with Crippen molar-refractivity contribution in [3.63, 3.8) is 0 Å². The lowest BCUT2D eigenvalue weighted by atomic mass is 10.1. The molecule has 0 spiro atoms. The zero-order valence-corrected chi connectivity index (χ0v) is 11.9. The van der Waals surface area contributed by atoms with Crippen LogP contribution in [0.3, 0.4) is 0 Å². The Balaban J connectivity index is 2.21. The number of anilines is 1. The van der Waals surface area contributed by atoms with Crippen LogP contribution in [0.2, 0.25) is 0 Å². The number of thiophene rings is 1. The average Bonchev–Trinajstić information content (AvgIpc) is 2.84. The van der Waals surface area contributed by atoms with Crippen LogP contribution in [0.15, 0.2) is 6.07 Å². The second-order valence-corrected chi connectivity index (χ2v) is 5.76. The lowest BCUT2D eigenvalue weighted by Crippen LogP contribution is -2.36. The largest absolute Gasteiger partial charge is 0.388 e. The van der Waals surface area contributed by atoms with Crippen LogP contribution in [-0.2, 0) is 4.74 Å². The quantitative estimate of drug-likeness (QED) is 0.679. The van der Waals surface area contributed by atoms with Crippen LogP contribution >= 0.6 is 11.3 Å². The standard InChI is InChI=1S/C12H18N2O4S/c1-8(15)11-7-10(14(16)17)12(19-11)13-5-3-9(18-2)4-6-13/h7-9,15H,3-6H2,1-2H3/t8-/m0/s1. The van der Waals surface area contributed by atoms with Gasteiger partial charge in [-0.05, 0) is 19.8 Å². The number of nitro groups is 1. The van der Waals surface area contributed by atoms with Crippen molar-refractivity contribution < 1.29 is 14.8 Å². The molecule has 7 heteroatoms. The van der Waals surface area contributed by atoms with Crippen molar-refractivity contribution in [2.24, 2.45) is 0 Å². The highest BCUT2D eigenvalue weighted by Gasteiger charge is 2.28. The molecule has 0 aliphatic carbocycles. The molecule has 0 aromatic carbocycles. The van der Waals surface area contributed by atoms with E-state index in [0.717, 1.165) is 25.9 Å². The highest BCUT2D eigenvalue weighted by Crippen LogP contribution is 2.41. The molecule has 1 atom stereocenters. The predicted octanol–water partition coefficient (Wildman–Crippen LogP) is 2.32. The Labute approximate surface area is 115 Å². The fourth-order valence-corrected chi connectivity index (χ4v) is 3.36. The number of hydrogen-bond acceptors (Lipinski definition) is 6. The van der Waals surface area contributed by atoms with Gasteiger partial charge in [-0.15, -0.1) is 11.3 Å². The second-order valence-electron chi connectivity index (χ2n) is 4.69. The van der Waals surface area contributed by atoms with Gasteiger partial charge in [-0.2, -0.15) is 0 Å². The van der Waals surface area contributed by atoms with Crippen molar-refractivity contribution in [3.05, 3.63) is 21.1 Å². The summed E-state index contributed by atoms with van der Waals surface area (Å²) in [7, 11) is 1.69. The van der Waals surface area contributed by atoms with Crippen LogP contribution in [0.5, 0.6) is 0 Å². The molecule has 106 valence electrons. The van der Waals surface area contributed by atoms with Crippen LogP contribution in [-0.4, -0.2) is 36.3 Å². The Bertz CT molecular complexity index is 453. The molecule has 0 bridgehead atoms. The van der Waals surface area contributed by atoms with E-state index in [1.165, 1.54) is 17.4 Å². The van der Waals surface area contributed by atoms with Gasteiger partial charge < -0.3 is 14.7 Å². The summed E-state index contributed by atoms with van der Waals surface area (Å²) in [5.41, 5.74) is 0.0942. The molecule has 1 aromatic heterocycles. The zero-order valence-electron chi connectivity index (χ0n) is 11.0. The van der Waals surface area contributed by atoms with Crippen molar-refractivity contribution in [2.45, 2.75) is 32.0 Å². The van der Waals surface area contributed by atoms with Crippen LogP contribution in [0.1, 0.15) is 30.7 Å². The lowest BCUT2D eigenvalue weighted by molar-refractivity contribution is -0.383. The molecule has 1 aliphatic heterocycles. The van der Waals surface area contributed by atoms with Gasteiger partial charge in [-0.3, -0.25) is 10.1 Å². The first-order chi connectivity index (χ1) is 9.02. The fourth-order valence-electron chi connectivity index (χ4n) is 2.25. The van der Waals surface area contributed by atoms with Gasteiger partial charge >= 0.3 is 5.69 Å². The smallest absolute Gasteiger partial charge is 0.304 e. The summed E-state index contributed by atoms with van der Waals surface area (Å²) in [6, 6.07) is 1.48. The van der Waals surface area contributed by atoms with Gasteiger partial charge in [0.25, 0.3) is 0 Å². The van der Waals surface area contributed by atoms with Gasteiger partial charge in [-0.1, -0.05) is 0 Å². The molecule has 1 aliphatic rings. The number of piperidine rings is 1. The van der Waals surface area contributed by atoms with Gasteiger partial charge in [0.15, 0.2) is 5.00 Å². The minimum Gasteiger partial charge on any atom is -0.388 e. The van der Waals surface area contributed by atoms with Gasteiger partial charge in [0, 0.05) is 31.1 Å². The van der Waals surface area contributed by atoms with E-state index in [0.29, 0.717) is 9.88 Å². The number of rotatable bonds is 4. The molecule has 1 N–H and O–H groups in total. The minimum absolute atomic E-state index is 0.0942. The lowest BCUT2D eigenvalue weighted by Gasteiger charge is -2.31. The third-order valence-electron chi connectivity index (χ3n) is 3.38. The van der Waals surface area contributed by atoms with Crippen LogP contribution < -0.4 is 4.90 Å². The van der Waals surface area contributed by atoms with E-state index in [2.05, 4.69) is 0 Å². The topological polar surface area (TPSA) is 75.8 Å². The highest BCUT2D eigenvalue weighted by atomic mass is 32.1. The van der Waals surface area contributed by atoms with Crippen molar-refractivity contribution in [2.75, 3.05) is 25.1 Å². The Hall–Kier alpha value is -1.18. The van der Waals surface area contributed by atoms with E-state index < -0.39 is 6.10 Å². The first-order valence-corrected chi connectivity index (χ1v) is 7.08. The number of aliphatic hydroxyl groups excluding tert-OH is 1. The summed E-state index contributed by atoms with van der Waals surface area (Å²) in [4.78, 5) is 13.4. The summed E-state index contributed by atoms with van der Waals surface area (Å²) in [5.74, 6) is 0. The Morgan fingerprint density at radius 1 is 1.58 bits per heavy atom. The van der Waals surface area contributed by atoms with Gasteiger partial charge in [0.1, 0.15) is 0 Å². The first kappa shape index (κ1) is 14.2. The summed E-state index contributed by atoms with van der Waals surface area (Å²) >= 11 is 1.30. The molecular weight excluding hydrogens is 268 g/mol. The second kappa shape index (κ2) is 5.85. The van der Waals surface area contributed by atoms with E-state index in [9.17, 15) is 15.2 Å². The maximum absolute atomic E-state index is 11.1. The molecule has 6 nitrogen and oxygen atoms in total. The molecule has 1 saturated heterocycles. The van der Waals surface area contributed by atoms with Crippen LogP contribution in [0.4, 0.5) is 10.7 Å². The normalized spacial score (nSPS) is 18.6. The molecule has 0 saturated carbocycles. The zero-order chi connectivity index (χ0) is 14.0. The van der Waals surface area contributed by atoms with Crippen molar-refractivity contribution in [1.29, 1.82) is 0 Å². The summed E-state index contributed by atoms with van der Waals surface area (Å²) < 4.78 is 5.30. The maximum Gasteiger partial charge on any atom is 0.304 e. The Kier molecular flexibility index (Phi) is 4.38. The SMILES string of the molecule is COC1CCN(c2sc([C@H](C)O)cc2[N+](=O)[O-])CC1. The van der Waals surface area contributed by atoms with E-state index in [1.807, 2.05) is 4.90 Å². The van der Waals surface area contributed by atoms with E-state index in [4.69, 9.17) is 4.74 Å². The van der Waals surface area contributed by atoms with Crippen molar-refractivity contribution >= 4 is 22.0 Å². The Morgan fingerprint density at radius 2 is 2.21 bits per heavy atom. The number of nitrogens with zero attached hydrogens (tertiary/aromatic N) is 2. The number of ether oxygens (including phenoxy) is 1. The van der Waals surface area contributed by atoms with E-state index in [-0.39, 0.29) is 16.7 Å². The number of methoxy groups -OCH3 is 1. The van der Waals surface area contributed by atoms with Gasteiger partial charge in [0.2, 0.25) is 0 Å². The first-order valence-electron chi connectivity index (χ1n) is 6.27. The molecule has 1 aromatic rings. The monoisotopic (exact) mass is 286 g/mol. The molecule has 0 unspecified atom stereocenters. The van der Waals surface area contributed by atoms with E-state index in [1.54, 1.807) is 14.0 Å². The summed E-state index contributed by atoms with van der Waals surface area (Å²) in [6.45, 7) is 3.12.